The van der Waals surface area contributed by atoms with Gasteiger partial charge >= 0.3 is 0 Å². The van der Waals surface area contributed by atoms with Crippen LogP contribution in [0.15, 0.2) is 17.0 Å². The first-order valence-corrected chi connectivity index (χ1v) is 7.37. The predicted octanol–water partition coefficient (Wildman–Crippen LogP) is 1.99. The number of benzene rings is 1. The Morgan fingerprint density at radius 1 is 1.30 bits per heavy atom. The molecule has 0 unspecified atom stereocenters. The molecule has 0 atom stereocenters. The molecule has 0 aliphatic rings. The smallest absolute Gasteiger partial charge is 0.238 e. The van der Waals surface area contributed by atoms with Gasteiger partial charge in [-0.2, -0.15) is 0 Å². The van der Waals surface area contributed by atoms with E-state index in [-0.39, 0.29) is 0 Å². The topological polar surface area (TPSA) is 89.3 Å². The minimum atomic E-state index is -4.22. The number of rotatable bonds is 4. The third-order valence-corrected chi connectivity index (χ3v) is 3.97. The van der Waals surface area contributed by atoms with Gasteiger partial charge in [-0.05, 0) is 18.6 Å². The Kier molecular flexibility index (Phi) is 4.50. The van der Waals surface area contributed by atoms with Gasteiger partial charge in [0.1, 0.15) is 5.69 Å². The highest BCUT2D eigenvalue weighted by Gasteiger charge is 2.27. The number of hydrogen-bond donors (Lipinski definition) is 2. The van der Waals surface area contributed by atoms with E-state index < -0.39 is 43.6 Å². The molecule has 0 saturated heterocycles. The maximum atomic E-state index is 13.7. The molecule has 1 rings (SSSR count). The lowest BCUT2D eigenvalue weighted by atomic mass is 9.89. The summed E-state index contributed by atoms with van der Waals surface area (Å²) in [5.74, 6) is -2.97. The van der Waals surface area contributed by atoms with Gasteiger partial charge in [0.2, 0.25) is 15.9 Å². The number of nitrogens with two attached hydrogens (primary N) is 1. The number of carbonyl (C=O) groups excluding carboxylic acids is 1. The molecular formula is C12H16F2N2O3S. The van der Waals surface area contributed by atoms with Crippen LogP contribution in [0.25, 0.3) is 0 Å². The third-order valence-electron chi connectivity index (χ3n) is 3.08. The van der Waals surface area contributed by atoms with Crippen molar-refractivity contribution < 1.29 is 22.0 Å². The average molecular weight is 306 g/mol. The summed E-state index contributed by atoms with van der Waals surface area (Å²) in [5, 5.41) is 6.91. The Balaban J connectivity index is 3.20. The van der Waals surface area contributed by atoms with E-state index in [1.165, 1.54) is 0 Å². The summed E-state index contributed by atoms with van der Waals surface area (Å²) in [4.78, 5) is 11.2. The summed E-state index contributed by atoms with van der Waals surface area (Å²) < 4.78 is 49.5. The lowest BCUT2D eigenvalue weighted by Crippen LogP contribution is -2.30. The second kappa shape index (κ2) is 5.45. The number of halogens is 2. The highest BCUT2D eigenvalue weighted by molar-refractivity contribution is 7.89. The zero-order valence-electron chi connectivity index (χ0n) is 11.3. The lowest BCUT2D eigenvalue weighted by molar-refractivity contribution is -0.124. The normalized spacial score (nSPS) is 12.3. The van der Waals surface area contributed by atoms with Crippen molar-refractivity contribution in [1.29, 1.82) is 0 Å². The molecule has 1 amide bonds. The van der Waals surface area contributed by atoms with E-state index in [0.717, 1.165) is 0 Å². The van der Waals surface area contributed by atoms with E-state index in [9.17, 15) is 22.0 Å². The summed E-state index contributed by atoms with van der Waals surface area (Å²) >= 11 is 0. The van der Waals surface area contributed by atoms with Crippen LogP contribution in [0.2, 0.25) is 0 Å². The number of hydrogen-bond acceptors (Lipinski definition) is 3. The third kappa shape index (κ3) is 3.51. The minimum Gasteiger partial charge on any atom is -0.321 e. The monoisotopic (exact) mass is 306 g/mol. The molecule has 0 radical (unpaired) electrons. The minimum absolute atomic E-state index is 0.470. The summed E-state index contributed by atoms with van der Waals surface area (Å²) in [5.41, 5.74) is -1.50. The molecule has 20 heavy (non-hydrogen) atoms. The molecule has 0 aliphatic heterocycles. The fourth-order valence-corrected chi connectivity index (χ4v) is 1.81. The zero-order valence-corrected chi connectivity index (χ0v) is 12.1. The highest BCUT2D eigenvalue weighted by atomic mass is 32.2. The Hall–Kier alpha value is -1.54. The molecule has 1 aromatic rings. The van der Waals surface area contributed by atoms with Crippen LogP contribution in [0.3, 0.4) is 0 Å². The molecule has 0 aromatic heterocycles. The van der Waals surface area contributed by atoms with E-state index in [0.29, 0.717) is 18.6 Å². The fraction of sp³-hybridized carbons (Fsp3) is 0.417. The SMILES string of the molecule is CCC(C)(C)C(=O)Nc1c(F)cc(S(N)(=O)=O)cc1F. The number of nitrogens with one attached hydrogen (secondary N) is 1. The summed E-state index contributed by atoms with van der Waals surface area (Å²) in [6, 6.07) is 1.12. The standard InChI is InChI=1S/C12H16F2N2O3S/c1-4-12(2,3)11(17)16-10-8(13)5-7(6-9(10)14)20(15,18)19/h5-6H,4H2,1-3H3,(H,16,17)(H2,15,18,19). The zero-order chi connectivity index (χ0) is 15.7. The largest absolute Gasteiger partial charge is 0.321 e. The lowest BCUT2D eigenvalue weighted by Gasteiger charge is -2.22. The van der Waals surface area contributed by atoms with Crippen LogP contribution in [0.1, 0.15) is 27.2 Å². The van der Waals surface area contributed by atoms with E-state index >= 15 is 0 Å². The van der Waals surface area contributed by atoms with E-state index in [1.807, 2.05) is 0 Å². The van der Waals surface area contributed by atoms with Crippen LogP contribution in [-0.4, -0.2) is 14.3 Å². The van der Waals surface area contributed by atoms with Crippen molar-refractivity contribution in [1.82, 2.24) is 0 Å². The van der Waals surface area contributed by atoms with Crippen molar-refractivity contribution >= 4 is 21.6 Å². The Morgan fingerprint density at radius 2 is 1.75 bits per heavy atom. The van der Waals surface area contributed by atoms with Crippen molar-refractivity contribution in [3.8, 4) is 0 Å². The molecule has 0 bridgehead atoms. The van der Waals surface area contributed by atoms with Gasteiger partial charge in [-0.1, -0.05) is 20.8 Å². The summed E-state index contributed by atoms with van der Waals surface area (Å²) in [6.45, 7) is 5.00. The van der Waals surface area contributed by atoms with Gasteiger partial charge in [0.25, 0.3) is 0 Å². The molecule has 112 valence electrons. The number of primary sulfonamides is 1. The van der Waals surface area contributed by atoms with Gasteiger partial charge in [0, 0.05) is 5.41 Å². The molecule has 5 nitrogen and oxygen atoms in total. The Bertz CT molecular complexity index is 619. The van der Waals surface area contributed by atoms with Crippen LogP contribution < -0.4 is 10.5 Å². The van der Waals surface area contributed by atoms with Gasteiger partial charge in [0.05, 0.1) is 4.90 Å². The van der Waals surface area contributed by atoms with E-state index in [2.05, 4.69) is 5.32 Å². The molecule has 8 heteroatoms. The van der Waals surface area contributed by atoms with Crippen molar-refractivity contribution in [2.45, 2.75) is 32.1 Å². The van der Waals surface area contributed by atoms with Gasteiger partial charge in [-0.3, -0.25) is 4.79 Å². The average Bonchev–Trinajstić information content (AvgIpc) is 2.31. The van der Waals surface area contributed by atoms with Crippen LogP contribution in [0.5, 0.6) is 0 Å². The maximum absolute atomic E-state index is 13.7. The van der Waals surface area contributed by atoms with Crippen molar-refractivity contribution in [2.75, 3.05) is 5.32 Å². The number of carbonyl (C=O) groups is 1. The first-order valence-electron chi connectivity index (χ1n) is 5.82. The molecule has 1 aromatic carbocycles. The second-order valence-electron chi connectivity index (χ2n) is 5.00. The number of amides is 1. The summed E-state index contributed by atoms with van der Waals surface area (Å²) in [7, 11) is -4.22. The van der Waals surface area contributed by atoms with Crippen LogP contribution >= 0.6 is 0 Å². The van der Waals surface area contributed by atoms with Gasteiger partial charge < -0.3 is 5.32 Å². The molecule has 0 fully saturated rings. The fourth-order valence-electron chi connectivity index (χ4n) is 1.28. The van der Waals surface area contributed by atoms with Crippen molar-refractivity contribution in [2.24, 2.45) is 10.6 Å². The quantitative estimate of drug-likeness (QED) is 0.891. The second-order valence-corrected chi connectivity index (χ2v) is 6.56. The van der Waals surface area contributed by atoms with Gasteiger partial charge in [-0.15, -0.1) is 0 Å². The molecular weight excluding hydrogens is 290 g/mol. The van der Waals surface area contributed by atoms with Crippen molar-refractivity contribution in [3.63, 3.8) is 0 Å². The molecule has 0 spiro atoms. The Labute approximate surface area is 116 Å². The first kappa shape index (κ1) is 16.5. The number of sulfonamides is 1. The first-order chi connectivity index (χ1) is 8.99. The maximum Gasteiger partial charge on any atom is 0.238 e. The van der Waals surface area contributed by atoms with Crippen molar-refractivity contribution in [3.05, 3.63) is 23.8 Å². The van der Waals surface area contributed by atoms with Crippen LogP contribution in [0.4, 0.5) is 14.5 Å². The highest BCUT2D eigenvalue weighted by Crippen LogP contribution is 2.27. The number of anilines is 1. The predicted molar refractivity (Wildman–Crippen MR) is 70.4 cm³/mol. The molecule has 0 saturated carbocycles. The van der Waals surface area contributed by atoms with E-state index in [4.69, 9.17) is 5.14 Å². The molecule has 3 N–H and O–H groups in total. The molecule has 0 aliphatic carbocycles. The van der Waals surface area contributed by atoms with Gasteiger partial charge in [-0.25, -0.2) is 22.3 Å². The summed E-state index contributed by atoms with van der Waals surface area (Å²) in [6.07, 6.45) is 0.470. The van der Waals surface area contributed by atoms with Crippen LogP contribution in [-0.2, 0) is 14.8 Å². The van der Waals surface area contributed by atoms with Crippen LogP contribution in [0, 0.1) is 17.0 Å². The molecule has 0 heterocycles. The Morgan fingerprint density at radius 3 is 2.10 bits per heavy atom. The van der Waals surface area contributed by atoms with Gasteiger partial charge in [0.15, 0.2) is 11.6 Å². The van der Waals surface area contributed by atoms with E-state index in [1.54, 1.807) is 20.8 Å².